The van der Waals surface area contributed by atoms with Gasteiger partial charge in [-0.15, -0.1) is 0 Å². The molecular formula is C30H42N4O8. The van der Waals surface area contributed by atoms with E-state index in [0.29, 0.717) is 0 Å². The van der Waals surface area contributed by atoms with Gasteiger partial charge in [0.2, 0.25) is 23.6 Å². The molecule has 12 nitrogen and oxygen atoms in total. The van der Waals surface area contributed by atoms with Crippen molar-refractivity contribution in [3.63, 3.8) is 0 Å². The minimum absolute atomic E-state index is 0.00653. The zero-order valence-corrected chi connectivity index (χ0v) is 25.1. The van der Waals surface area contributed by atoms with Gasteiger partial charge < -0.3 is 20.4 Å². The Morgan fingerprint density at radius 2 is 0.714 bits per heavy atom. The summed E-state index contributed by atoms with van der Waals surface area (Å²) in [6.07, 6.45) is -0.929. The summed E-state index contributed by atoms with van der Waals surface area (Å²) in [5.74, 6) is -3.20. The van der Waals surface area contributed by atoms with Crippen molar-refractivity contribution in [3.8, 4) is 0 Å². The zero-order chi connectivity index (χ0) is 32.6. The third-order valence-electron chi connectivity index (χ3n) is 6.22. The van der Waals surface area contributed by atoms with E-state index in [0.717, 1.165) is 0 Å². The number of hydrogen-bond donors (Lipinski definition) is 2. The molecule has 0 saturated carbocycles. The maximum Gasteiger partial charge on any atom is 0.227 e. The van der Waals surface area contributed by atoms with Crippen molar-refractivity contribution >= 4 is 46.8 Å². The minimum atomic E-state index is -0.464. The summed E-state index contributed by atoms with van der Waals surface area (Å²) >= 11 is 0. The largest absolute Gasteiger partial charge is 0.354 e. The second-order valence-corrected chi connectivity index (χ2v) is 9.81. The van der Waals surface area contributed by atoms with Gasteiger partial charge >= 0.3 is 0 Å². The van der Waals surface area contributed by atoms with E-state index in [4.69, 9.17) is 0 Å². The lowest BCUT2D eigenvalue weighted by atomic mass is 10.1. The van der Waals surface area contributed by atoms with Gasteiger partial charge in [0.1, 0.15) is 0 Å². The minimum Gasteiger partial charge on any atom is -0.354 e. The van der Waals surface area contributed by atoms with Crippen molar-refractivity contribution in [3.05, 3.63) is 48.6 Å². The molecule has 230 valence electrons. The van der Waals surface area contributed by atoms with E-state index in [1.54, 1.807) is 0 Å². The topological polar surface area (TPSA) is 167 Å². The Bertz CT molecular complexity index is 1080. The Balaban J connectivity index is 5.58. The summed E-state index contributed by atoms with van der Waals surface area (Å²) in [6, 6.07) is 0. The van der Waals surface area contributed by atoms with Crippen molar-refractivity contribution in [1.82, 2.24) is 20.4 Å². The van der Waals surface area contributed by atoms with E-state index < -0.39 is 23.6 Å². The highest BCUT2D eigenvalue weighted by Gasteiger charge is 2.21. The van der Waals surface area contributed by atoms with E-state index in [2.05, 4.69) is 36.9 Å². The molecule has 0 spiro atoms. The number of Topliss-reactive ketones (excluding diaryl/α,β-unsaturated/α-hetero) is 4. The monoisotopic (exact) mass is 586 g/mol. The van der Waals surface area contributed by atoms with Gasteiger partial charge in [-0.2, -0.15) is 0 Å². The molecule has 0 aliphatic carbocycles. The van der Waals surface area contributed by atoms with E-state index in [1.807, 2.05) is 0 Å². The number of hydrogen-bond acceptors (Lipinski definition) is 8. The fourth-order valence-electron chi connectivity index (χ4n) is 3.22. The molecule has 0 aromatic carbocycles. The number of nitrogens with zero attached hydrogens (tertiary/aromatic N) is 2. The Labute approximate surface area is 246 Å². The lowest BCUT2D eigenvalue weighted by Gasteiger charge is -2.29. The molecule has 0 fully saturated rings. The van der Waals surface area contributed by atoms with Crippen LogP contribution in [0.15, 0.2) is 48.6 Å². The third kappa shape index (κ3) is 15.3. The van der Waals surface area contributed by atoms with Gasteiger partial charge in [0.05, 0.1) is 25.7 Å². The molecule has 0 aromatic rings. The first-order chi connectivity index (χ1) is 19.5. The maximum atomic E-state index is 13.0. The molecule has 0 atom stereocenters. The van der Waals surface area contributed by atoms with E-state index >= 15 is 0 Å². The second kappa shape index (κ2) is 18.8. The molecule has 0 rings (SSSR count). The van der Waals surface area contributed by atoms with Gasteiger partial charge in [0.25, 0.3) is 0 Å². The molecular weight excluding hydrogens is 544 g/mol. The number of nitrogens with one attached hydrogen (secondary N) is 2. The average molecular weight is 587 g/mol. The Morgan fingerprint density at radius 1 is 0.452 bits per heavy atom. The van der Waals surface area contributed by atoms with Crippen LogP contribution in [0.25, 0.3) is 0 Å². The summed E-state index contributed by atoms with van der Waals surface area (Å²) in [7, 11) is 0. The van der Waals surface area contributed by atoms with Gasteiger partial charge in [-0.3, -0.25) is 38.4 Å². The van der Waals surface area contributed by atoms with Crippen LogP contribution in [0, 0.1) is 0 Å². The van der Waals surface area contributed by atoms with Crippen molar-refractivity contribution in [2.24, 2.45) is 0 Å². The van der Waals surface area contributed by atoms with E-state index in [-0.39, 0.29) is 110 Å². The molecule has 2 N–H and O–H groups in total. The summed E-state index contributed by atoms with van der Waals surface area (Å²) in [6.45, 7) is 19.5. The van der Waals surface area contributed by atoms with Gasteiger partial charge in [-0.1, -0.05) is 26.3 Å². The van der Waals surface area contributed by atoms with Crippen LogP contribution in [-0.4, -0.2) is 95.8 Å². The van der Waals surface area contributed by atoms with Crippen LogP contribution in [0.5, 0.6) is 0 Å². The summed E-state index contributed by atoms with van der Waals surface area (Å²) < 4.78 is 0. The molecule has 0 bridgehead atoms. The predicted molar refractivity (Wildman–Crippen MR) is 157 cm³/mol. The molecule has 0 aliphatic rings. The van der Waals surface area contributed by atoms with Gasteiger partial charge in [-0.25, -0.2) is 0 Å². The summed E-state index contributed by atoms with van der Waals surface area (Å²) in [5.41, 5.74) is 0.453. The van der Waals surface area contributed by atoms with Crippen LogP contribution in [0.3, 0.4) is 0 Å². The Morgan fingerprint density at radius 3 is 0.976 bits per heavy atom. The predicted octanol–water partition coefficient (Wildman–Crippen LogP) is 1.02. The number of carbonyl (C=O) groups is 8. The quantitative estimate of drug-likeness (QED) is 0.188. The number of rotatable bonds is 21. The van der Waals surface area contributed by atoms with Crippen LogP contribution in [0.2, 0.25) is 0 Å². The Kier molecular flexibility index (Phi) is 16.8. The average Bonchev–Trinajstić information content (AvgIpc) is 2.88. The fraction of sp³-hybridized carbons (Fsp3) is 0.467. The summed E-state index contributed by atoms with van der Waals surface area (Å²) in [4.78, 5) is 98.9. The van der Waals surface area contributed by atoms with E-state index in [9.17, 15) is 38.4 Å². The highest BCUT2D eigenvalue weighted by Crippen LogP contribution is 2.08. The molecule has 0 aromatic heterocycles. The van der Waals surface area contributed by atoms with Crippen LogP contribution < -0.4 is 10.6 Å². The van der Waals surface area contributed by atoms with Crippen LogP contribution in [0.4, 0.5) is 0 Å². The van der Waals surface area contributed by atoms with E-state index in [1.165, 1.54) is 37.5 Å². The van der Waals surface area contributed by atoms with Crippen LogP contribution in [-0.2, 0) is 38.4 Å². The van der Waals surface area contributed by atoms with Crippen molar-refractivity contribution in [2.75, 3.05) is 39.3 Å². The first kappa shape index (κ1) is 37.5. The molecule has 0 radical (unpaired) electrons. The lowest BCUT2D eigenvalue weighted by molar-refractivity contribution is -0.135. The standard InChI is InChI=1S/C30H42N4O8/c1-19(23(5)35)15-27(39)31-9-11-33(29(41)17-21(3)25(7)37)13-14-34(30(42)18-22(4)26(8)38)12-10-32-28(40)16-20(2)24(6)36/h1-4,9-18H2,5-8H3,(H,31,39)(H,32,40). The first-order valence-corrected chi connectivity index (χ1v) is 13.3. The van der Waals surface area contributed by atoms with Gasteiger partial charge in [-0.05, 0) is 50.0 Å². The number of carbonyl (C=O) groups excluding carboxylic acids is 8. The van der Waals surface area contributed by atoms with Crippen LogP contribution >= 0.6 is 0 Å². The van der Waals surface area contributed by atoms with Crippen molar-refractivity contribution in [2.45, 2.75) is 53.4 Å². The first-order valence-electron chi connectivity index (χ1n) is 13.3. The van der Waals surface area contributed by atoms with Gasteiger partial charge in [0.15, 0.2) is 23.1 Å². The zero-order valence-electron chi connectivity index (χ0n) is 25.1. The SMILES string of the molecule is C=C(CC(=O)NCCN(CCN(CCNC(=O)CC(=C)C(C)=O)C(=O)CC(=C)C(C)=O)C(=O)CC(=C)C(C)=O)C(C)=O. The van der Waals surface area contributed by atoms with Gasteiger partial charge in [0, 0.05) is 39.3 Å². The summed E-state index contributed by atoms with van der Waals surface area (Å²) in [5, 5.41) is 5.21. The molecule has 42 heavy (non-hydrogen) atoms. The van der Waals surface area contributed by atoms with Crippen molar-refractivity contribution in [1.29, 1.82) is 0 Å². The number of ketones is 4. The normalized spacial score (nSPS) is 10.1. The molecule has 4 amide bonds. The molecule has 12 heteroatoms. The molecule has 0 heterocycles. The molecule has 0 saturated heterocycles. The third-order valence-corrected chi connectivity index (χ3v) is 6.22. The molecule has 0 aliphatic heterocycles. The number of amides is 4. The smallest absolute Gasteiger partial charge is 0.227 e. The molecule has 0 unspecified atom stereocenters. The highest BCUT2D eigenvalue weighted by molar-refractivity contribution is 6.00. The van der Waals surface area contributed by atoms with Crippen LogP contribution in [0.1, 0.15) is 53.4 Å². The fourth-order valence-corrected chi connectivity index (χ4v) is 3.22. The van der Waals surface area contributed by atoms with Crippen molar-refractivity contribution < 1.29 is 38.4 Å². The Hall–Kier alpha value is -4.48. The second-order valence-electron chi connectivity index (χ2n) is 9.81. The highest BCUT2D eigenvalue weighted by atomic mass is 16.2. The lowest BCUT2D eigenvalue weighted by Crippen LogP contribution is -2.46. The maximum absolute atomic E-state index is 13.0.